The number of anilines is 2. The topological polar surface area (TPSA) is 76.7 Å². The van der Waals surface area contributed by atoms with Crippen LogP contribution < -0.4 is 15.4 Å². The summed E-state index contributed by atoms with van der Waals surface area (Å²) in [6.45, 7) is 5.92. The highest BCUT2D eigenvalue weighted by molar-refractivity contribution is 9.09. The van der Waals surface area contributed by atoms with E-state index >= 15 is 0 Å². The lowest BCUT2D eigenvalue weighted by Crippen LogP contribution is -2.27. The predicted molar refractivity (Wildman–Crippen MR) is 133 cm³/mol. The summed E-state index contributed by atoms with van der Waals surface area (Å²) in [5.41, 5.74) is 1.70. The zero-order valence-corrected chi connectivity index (χ0v) is 20.5. The zero-order valence-electron chi connectivity index (χ0n) is 18.1. The van der Waals surface area contributed by atoms with Crippen molar-refractivity contribution < 1.29 is 19.1 Å². The van der Waals surface area contributed by atoms with Gasteiger partial charge in [-0.3, -0.25) is 10.1 Å². The van der Waals surface area contributed by atoms with E-state index in [9.17, 15) is 9.59 Å². The maximum absolute atomic E-state index is 12.9. The molecule has 0 saturated carbocycles. The highest BCUT2D eigenvalue weighted by Gasteiger charge is 2.18. The SMILES string of the molecule is CC(C)(C)OC(=O)Nc1ccc(-c2cccs2)cc1NC(=O)c1ccc(OCCBr)cc1. The Labute approximate surface area is 200 Å². The molecule has 0 aliphatic heterocycles. The second-order valence-corrected chi connectivity index (χ2v) is 9.62. The van der Waals surface area contributed by atoms with E-state index in [0.717, 1.165) is 15.8 Å². The summed E-state index contributed by atoms with van der Waals surface area (Å²) in [5.74, 6) is 0.389. The summed E-state index contributed by atoms with van der Waals surface area (Å²) in [6, 6.07) is 16.3. The Morgan fingerprint density at radius 3 is 2.38 bits per heavy atom. The lowest BCUT2D eigenvalue weighted by atomic mass is 10.1. The molecule has 3 aromatic rings. The molecule has 0 atom stereocenters. The van der Waals surface area contributed by atoms with Crippen molar-refractivity contribution in [3.8, 4) is 16.2 Å². The Morgan fingerprint density at radius 2 is 1.75 bits per heavy atom. The van der Waals surface area contributed by atoms with Crippen LogP contribution in [0.5, 0.6) is 5.75 Å². The smallest absolute Gasteiger partial charge is 0.412 e. The fraction of sp³-hybridized carbons (Fsp3) is 0.250. The monoisotopic (exact) mass is 516 g/mol. The molecule has 0 spiro atoms. The summed E-state index contributed by atoms with van der Waals surface area (Å²) in [6.07, 6.45) is -0.592. The van der Waals surface area contributed by atoms with E-state index in [1.807, 2.05) is 29.6 Å². The molecule has 2 aromatic carbocycles. The third kappa shape index (κ3) is 6.83. The van der Waals surface area contributed by atoms with Crippen molar-refractivity contribution in [1.82, 2.24) is 0 Å². The summed E-state index contributed by atoms with van der Waals surface area (Å²) < 4.78 is 10.9. The van der Waals surface area contributed by atoms with Crippen LogP contribution in [0.25, 0.3) is 10.4 Å². The van der Waals surface area contributed by atoms with Gasteiger partial charge in [0.15, 0.2) is 0 Å². The number of ether oxygens (including phenoxy) is 2. The zero-order chi connectivity index (χ0) is 23.1. The number of thiophene rings is 1. The number of amides is 2. The van der Waals surface area contributed by atoms with Gasteiger partial charge in [0.1, 0.15) is 11.4 Å². The van der Waals surface area contributed by atoms with Crippen molar-refractivity contribution in [2.24, 2.45) is 0 Å². The Hall–Kier alpha value is -2.84. The molecule has 0 saturated heterocycles. The first-order valence-electron chi connectivity index (χ1n) is 10.0. The number of benzene rings is 2. The molecule has 3 rings (SSSR count). The van der Waals surface area contributed by atoms with Crippen molar-refractivity contribution in [1.29, 1.82) is 0 Å². The molecule has 2 N–H and O–H groups in total. The molecule has 0 unspecified atom stereocenters. The summed E-state index contributed by atoms with van der Waals surface area (Å²) in [5, 5.41) is 8.35. The molecule has 0 aliphatic carbocycles. The summed E-state index contributed by atoms with van der Waals surface area (Å²) >= 11 is 4.91. The molecule has 32 heavy (non-hydrogen) atoms. The number of nitrogens with one attached hydrogen (secondary N) is 2. The van der Waals surface area contributed by atoms with Gasteiger partial charge in [0, 0.05) is 15.8 Å². The van der Waals surface area contributed by atoms with Gasteiger partial charge in [-0.05, 0) is 74.2 Å². The number of carbonyl (C=O) groups excluding carboxylic acids is 2. The van der Waals surface area contributed by atoms with Gasteiger partial charge < -0.3 is 14.8 Å². The number of carbonyl (C=O) groups is 2. The molecule has 0 aliphatic rings. The van der Waals surface area contributed by atoms with Crippen LogP contribution in [0.15, 0.2) is 60.0 Å². The van der Waals surface area contributed by atoms with Gasteiger partial charge in [-0.2, -0.15) is 0 Å². The third-order valence-corrected chi connectivity index (χ3v) is 5.41. The van der Waals surface area contributed by atoms with Gasteiger partial charge >= 0.3 is 6.09 Å². The van der Waals surface area contributed by atoms with Crippen molar-refractivity contribution in [3.05, 3.63) is 65.5 Å². The number of halogens is 1. The van der Waals surface area contributed by atoms with Gasteiger partial charge in [-0.1, -0.05) is 28.1 Å². The number of hydrogen-bond acceptors (Lipinski definition) is 5. The second-order valence-electron chi connectivity index (χ2n) is 7.88. The number of alkyl halides is 1. The van der Waals surface area contributed by atoms with E-state index in [1.54, 1.807) is 62.4 Å². The van der Waals surface area contributed by atoms with Crippen molar-refractivity contribution in [2.75, 3.05) is 22.6 Å². The van der Waals surface area contributed by atoms with Gasteiger partial charge in [-0.15, -0.1) is 11.3 Å². The standard InChI is InChI=1S/C24H25BrN2O4S/c1-24(2,3)31-23(29)27-19-11-8-17(21-5-4-14-32-21)15-20(19)26-22(28)16-6-9-18(10-7-16)30-13-12-25/h4-11,14-15H,12-13H2,1-3H3,(H,26,28)(H,27,29). The van der Waals surface area contributed by atoms with E-state index in [4.69, 9.17) is 9.47 Å². The minimum atomic E-state index is -0.636. The fourth-order valence-electron chi connectivity index (χ4n) is 2.82. The van der Waals surface area contributed by atoms with Gasteiger partial charge in [0.25, 0.3) is 5.91 Å². The third-order valence-electron chi connectivity index (χ3n) is 4.17. The molecule has 0 bridgehead atoms. The maximum atomic E-state index is 12.9. The lowest BCUT2D eigenvalue weighted by Gasteiger charge is -2.21. The quantitative estimate of drug-likeness (QED) is 0.339. The minimum Gasteiger partial charge on any atom is -0.493 e. The average molecular weight is 517 g/mol. The first kappa shape index (κ1) is 23.8. The van der Waals surface area contributed by atoms with Crippen LogP contribution in [0.3, 0.4) is 0 Å². The molecular formula is C24H25BrN2O4S. The normalized spacial score (nSPS) is 11.0. The van der Waals surface area contributed by atoms with Crippen LogP contribution in [-0.4, -0.2) is 29.5 Å². The first-order valence-corrected chi connectivity index (χ1v) is 12.0. The lowest BCUT2D eigenvalue weighted by molar-refractivity contribution is 0.0635. The average Bonchev–Trinajstić information content (AvgIpc) is 3.27. The Bertz CT molecular complexity index is 1060. The van der Waals surface area contributed by atoms with Crippen LogP contribution in [-0.2, 0) is 4.74 Å². The van der Waals surface area contributed by atoms with Crippen LogP contribution in [0.1, 0.15) is 31.1 Å². The van der Waals surface area contributed by atoms with E-state index in [0.29, 0.717) is 29.3 Å². The van der Waals surface area contributed by atoms with Gasteiger partial charge in [0.05, 0.1) is 18.0 Å². The van der Waals surface area contributed by atoms with Crippen molar-refractivity contribution in [2.45, 2.75) is 26.4 Å². The van der Waals surface area contributed by atoms with Gasteiger partial charge in [0.2, 0.25) is 0 Å². The van der Waals surface area contributed by atoms with Crippen molar-refractivity contribution >= 4 is 50.6 Å². The minimum absolute atomic E-state index is 0.299. The molecule has 0 radical (unpaired) electrons. The molecule has 8 heteroatoms. The van der Waals surface area contributed by atoms with Crippen LogP contribution in [0.4, 0.5) is 16.2 Å². The van der Waals surface area contributed by atoms with E-state index in [2.05, 4.69) is 26.6 Å². The fourth-order valence-corrected chi connectivity index (χ4v) is 3.71. The highest BCUT2D eigenvalue weighted by Crippen LogP contribution is 2.32. The highest BCUT2D eigenvalue weighted by atomic mass is 79.9. The van der Waals surface area contributed by atoms with Crippen LogP contribution in [0, 0.1) is 0 Å². The van der Waals surface area contributed by atoms with Crippen LogP contribution >= 0.6 is 27.3 Å². The van der Waals surface area contributed by atoms with E-state index < -0.39 is 11.7 Å². The first-order chi connectivity index (χ1) is 15.2. The summed E-state index contributed by atoms with van der Waals surface area (Å²) in [4.78, 5) is 26.3. The Balaban J connectivity index is 1.83. The van der Waals surface area contributed by atoms with E-state index in [-0.39, 0.29) is 5.91 Å². The van der Waals surface area contributed by atoms with Gasteiger partial charge in [-0.25, -0.2) is 4.79 Å². The number of rotatable bonds is 7. The Kier molecular flexibility index (Phi) is 7.93. The number of hydrogen-bond donors (Lipinski definition) is 2. The Morgan fingerprint density at radius 1 is 1.00 bits per heavy atom. The maximum Gasteiger partial charge on any atom is 0.412 e. The van der Waals surface area contributed by atoms with Crippen molar-refractivity contribution in [3.63, 3.8) is 0 Å². The molecule has 2 amide bonds. The second kappa shape index (κ2) is 10.7. The molecule has 6 nitrogen and oxygen atoms in total. The predicted octanol–water partition coefficient (Wildman–Crippen LogP) is 6.79. The molecule has 1 heterocycles. The molecule has 168 valence electrons. The molecule has 0 fully saturated rings. The van der Waals surface area contributed by atoms with Crippen LogP contribution in [0.2, 0.25) is 0 Å². The summed E-state index contributed by atoms with van der Waals surface area (Å²) in [7, 11) is 0. The molecule has 1 aromatic heterocycles. The largest absolute Gasteiger partial charge is 0.493 e. The molecular weight excluding hydrogens is 492 g/mol. The van der Waals surface area contributed by atoms with E-state index in [1.165, 1.54) is 0 Å².